The highest BCUT2D eigenvalue weighted by Gasteiger charge is 2.27. The molecule has 5 heterocycles. The van der Waals surface area contributed by atoms with Crippen molar-refractivity contribution in [2.24, 2.45) is 0 Å². The summed E-state index contributed by atoms with van der Waals surface area (Å²) in [6.45, 7) is 8.46. The first-order valence-electron chi connectivity index (χ1n) is 10.4. The molecule has 152 valence electrons. The van der Waals surface area contributed by atoms with E-state index in [1.165, 1.54) is 11.3 Å². The van der Waals surface area contributed by atoms with Gasteiger partial charge in [0, 0.05) is 36.6 Å². The molecule has 7 nitrogen and oxygen atoms in total. The molecular formula is C21H27N7S. The van der Waals surface area contributed by atoms with E-state index in [4.69, 9.17) is 5.10 Å². The second kappa shape index (κ2) is 7.23. The summed E-state index contributed by atoms with van der Waals surface area (Å²) >= 11 is 1.98. The topological polar surface area (TPSA) is 72.1 Å². The Bertz CT molecular complexity index is 1030. The van der Waals surface area contributed by atoms with Gasteiger partial charge in [0.1, 0.15) is 0 Å². The fourth-order valence-electron chi connectivity index (χ4n) is 4.11. The Morgan fingerprint density at radius 2 is 1.86 bits per heavy atom. The van der Waals surface area contributed by atoms with Crippen LogP contribution in [0.25, 0.3) is 5.65 Å². The molecule has 3 aromatic heterocycles. The quantitative estimate of drug-likeness (QED) is 0.642. The molecular weight excluding hydrogens is 382 g/mol. The van der Waals surface area contributed by atoms with Gasteiger partial charge in [-0.2, -0.15) is 26.5 Å². The van der Waals surface area contributed by atoms with Crippen molar-refractivity contribution in [2.45, 2.75) is 57.1 Å². The molecule has 1 saturated heterocycles. The Labute approximate surface area is 175 Å². The number of piperidine rings is 1. The standard InChI is InChI=1S/C21H27N7S/c1-21(2,3)17-4-5-18-23-25-20(28(18)26-17)14-6-9-27(10-7-14)19-12-15-13-29-11-8-16(15)22-24-19/h4-5,12,14H,6-11,13H2,1-3H3. The number of aromatic nitrogens is 6. The number of rotatable bonds is 2. The molecule has 0 spiro atoms. The Morgan fingerprint density at radius 3 is 2.66 bits per heavy atom. The van der Waals surface area contributed by atoms with Crippen molar-refractivity contribution in [1.29, 1.82) is 0 Å². The summed E-state index contributed by atoms with van der Waals surface area (Å²) in [5.74, 6) is 4.58. The lowest BCUT2D eigenvalue weighted by Crippen LogP contribution is -2.34. The monoisotopic (exact) mass is 409 g/mol. The number of hydrogen-bond donors (Lipinski definition) is 0. The van der Waals surface area contributed by atoms with Crippen LogP contribution in [0.2, 0.25) is 0 Å². The number of anilines is 1. The number of fused-ring (bicyclic) bond motifs is 2. The molecule has 0 aliphatic carbocycles. The Hall–Kier alpha value is -2.22. The average molecular weight is 410 g/mol. The van der Waals surface area contributed by atoms with Gasteiger partial charge < -0.3 is 4.90 Å². The Balaban J connectivity index is 1.34. The maximum atomic E-state index is 4.86. The molecule has 2 aliphatic heterocycles. The van der Waals surface area contributed by atoms with Crippen LogP contribution in [0.15, 0.2) is 18.2 Å². The zero-order valence-electron chi connectivity index (χ0n) is 17.3. The number of hydrogen-bond acceptors (Lipinski definition) is 7. The smallest absolute Gasteiger partial charge is 0.177 e. The van der Waals surface area contributed by atoms with Gasteiger partial charge in [-0.25, -0.2) is 0 Å². The predicted octanol–water partition coefficient (Wildman–Crippen LogP) is 3.39. The average Bonchev–Trinajstić information content (AvgIpc) is 3.16. The van der Waals surface area contributed by atoms with Gasteiger partial charge in [-0.1, -0.05) is 20.8 Å². The zero-order chi connectivity index (χ0) is 20.0. The van der Waals surface area contributed by atoms with Crippen LogP contribution in [0.4, 0.5) is 5.82 Å². The van der Waals surface area contributed by atoms with E-state index in [0.29, 0.717) is 5.92 Å². The van der Waals surface area contributed by atoms with Crippen LogP contribution in [0, 0.1) is 0 Å². The van der Waals surface area contributed by atoms with Crippen LogP contribution in [-0.2, 0) is 17.6 Å². The summed E-state index contributed by atoms with van der Waals surface area (Å²) in [6.07, 6.45) is 3.09. The second-order valence-corrected chi connectivity index (χ2v) is 10.1. The molecule has 0 bridgehead atoms. The number of thioether (sulfide) groups is 1. The lowest BCUT2D eigenvalue weighted by Gasteiger charge is -2.32. The van der Waals surface area contributed by atoms with E-state index in [1.807, 2.05) is 22.3 Å². The lowest BCUT2D eigenvalue weighted by molar-refractivity contribution is 0.469. The van der Waals surface area contributed by atoms with Gasteiger partial charge >= 0.3 is 0 Å². The summed E-state index contributed by atoms with van der Waals surface area (Å²) in [5.41, 5.74) is 4.43. The van der Waals surface area contributed by atoms with Crippen molar-refractivity contribution in [2.75, 3.05) is 23.7 Å². The number of aryl methyl sites for hydroxylation is 1. The first kappa shape index (κ1) is 18.8. The van der Waals surface area contributed by atoms with E-state index in [9.17, 15) is 0 Å². The van der Waals surface area contributed by atoms with Crippen LogP contribution in [0.3, 0.4) is 0 Å². The summed E-state index contributed by atoms with van der Waals surface area (Å²) < 4.78 is 1.96. The van der Waals surface area contributed by atoms with Gasteiger partial charge in [0.05, 0.1) is 11.4 Å². The second-order valence-electron chi connectivity index (χ2n) is 9.04. The van der Waals surface area contributed by atoms with E-state index in [-0.39, 0.29) is 5.41 Å². The molecule has 0 N–H and O–H groups in total. The fraction of sp³-hybridized carbons (Fsp3) is 0.571. The van der Waals surface area contributed by atoms with Crippen molar-refractivity contribution in [1.82, 2.24) is 30.0 Å². The van der Waals surface area contributed by atoms with Crippen molar-refractivity contribution < 1.29 is 0 Å². The first-order chi connectivity index (χ1) is 14.0. The molecule has 0 unspecified atom stereocenters. The fourth-order valence-corrected chi connectivity index (χ4v) is 5.06. The summed E-state index contributed by atoms with van der Waals surface area (Å²) in [5, 5.41) is 22.7. The van der Waals surface area contributed by atoms with E-state index in [1.54, 1.807) is 0 Å². The minimum Gasteiger partial charge on any atom is -0.355 e. The van der Waals surface area contributed by atoms with Crippen molar-refractivity contribution in [3.63, 3.8) is 0 Å². The lowest BCUT2D eigenvalue weighted by atomic mass is 9.92. The van der Waals surface area contributed by atoms with Gasteiger partial charge in [-0.15, -0.1) is 15.3 Å². The normalized spacial score (nSPS) is 18.2. The summed E-state index contributed by atoms with van der Waals surface area (Å²) in [4.78, 5) is 2.36. The minimum atomic E-state index is 0.00248. The molecule has 0 amide bonds. The van der Waals surface area contributed by atoms with Gasteiger partial charge in [-0.05, 0) is 42.4 Å². The van der Waals surface area contributed by atoms with Crippen LogP contribution >= 0.6 is 11.8 Å². The van der Waals surface area contributed by atoms with Gasteiger partial charge in [-0.3, -0.25) is 0 Å². The molecule has 1 fully saturated rings. The Kier molecular flexibility index (Phi) is 4.69. The van der Waals surface area contributed by atoms with Crippen molar-refractivity contribution in [3.8, 4) is 0 Å². The van der Waals surface area contributed by atoms with Crippen LogP contribution < -0.4 is 4.90 Å². The molecule has 5 rings (SSSR count). The van der Waals surface area contributed by atoms with E-state index in [2.05, 4.69) is 58.2 Å². The molecule has 8 heteroatoms. The molecule has 0 radical (unpaired) electrons. The van der Waals surface area contributed by atoms with Gasteiger partial charge in [0.25, 0.3) is 0 Å². The van der Waals surface area contributed by atoms with Crippen LogP contribution in [0.1, 0.15) is 62.3 Å². The third-order valence-electron chi connectivity index (χ3n) is 5.93. The maximum absolute atomic E-state index is 4.86. The summed E-state index contributed by atoms with van der Waals surface area (Å²) in [7, 11) is 0. The van der Waals surface area contributed by atoms with E-state index >= 15 is 0 Å². The van der Waals surface area contributed by atoms with E-state index in [0.717, 1.165) is 66.8 Å². The maximum Gasteiger partial charge on any atom is 0.177 e. The highest BCUT2D eigenvalue weighted by Crippen LogP contribution is 2.31. The molecule has 29 heavy (non-hydrogen) atoms. The van der Waals surface area contributed by atoms with E-state index < -0.39 is 0 Å². The molecule has 0 saturated carbocycles. The van der Waals surface area contributed by atoms with Crippen LogP contribution in [-0.4, -0.2) is 48.9 Å². The molecule has 3 aromatic rings. The van der Waals surface area contributed by atoms with Gasteiger partial charge in [0.2, 0.25) is 0 Å². The predicted molar refractivity (Wildman–Crippen MR) is 116 cm³/mol. The Morgan fingerprint density at radius 1 is 1.03 bits per heavy atom. The van der Waals surface area contributed by atoms with Crippen molar-refractivity contribution in [3.05, 3.63) is 41.0 Å². The number of nitrogens with zero attached hydrogens (tertiary/aromatic N) is 7. The highest BCUT2D eigenvalue weighted by molar-refractivity contribution is 7.98. The highest BCUT2D eigenvalue weighted by atomic mass is 32.2. The SMILES string of the molecule is CC(C)(C)c1ccc2nnc(C3CCN(c4cc5c(nn4)CCSC5)CC3)n2n1. The van der Waals surface area contributed by atoms with Crippen molar-refractivity contribution >= 4 is 23.2 Å². The summed E-state index contributed by atoms with van der Waals surface area (Å²) in [6, 6.07) is 6.34. The third kappa shape index (κ3) is 3.58. The first-order valence-corrected chi connectivity index (χ1v) is 11.6. The van der Waals surface area contributed by atoms with Crippen LogP contribution in [0.5, 0.6) is 0 Å². The largest absolute Gasteiger partial charge is 0.355 e. The van der Waals surface area contributed by atoms with Gasteiger partial charge in [0.15, 0.2) is 17.3 Å². The minimum absolute atomic E-state index is 0.00248. The molecule has 0 atom stereocenters. The molecule has 2 aliphatic rings. The third-order valence-corrected chi connectivity index (χ3v) is 6.94. The zero-order valence-corrected chi connectivity index (χ0v) is 18.1. The molecule has 0 aromatic carbocycles.